The van der Waals surface area contributed by atoms with Crippen LogP contribution in [0.3, 0.4) is 0 Å². The Bertz CT molecular complexity index is 350. The zero-order valence-electron chi connectivity index (χ0n) is 9.99. The van der Waals surface area contributed by atoms with Gasteiger partial charge in [0.05, 0.1) is 6.42 Å². The maximum atomic E-state index is 11.7. The second kappa shape index (κ2) is 6.28. The van der Waals surface area contributed by atoms with Crippen LogP contribution in [-0.2, 0) is 11.2 Å². The lowest BCUT2D eigenvalue weighted by molar-refractivity contribution is -0.121. The van der Waals surface area contributed by atoms with Crippen molar-refractivity contribution in [3.8, 4) is 0 Å². The topological polar surface area (TPSA) is 55.1 Å². The molecule has 0 saturated heterocycles. The molecule has 0 saturated carbocycles. The lowest BCUT2D eigenvalue weighted by atomic mass is 10.1. The highest BCUT2D eigenvalue weighted by Gasteiger charge is 2.07. The molecular formula is C13H20N2O. The summed E-state index contributed by atoms with van der Waals surface area (Å²) in [7, 11) is 0. The van der Waals surface area contributed by atoms with Crippen molar-refractivity contribution in [1.29, 1.82) is 0 Å². The van der Waals surface area contributed by atoms with E-state index in [1.165, 1.54) is 5.56 Å². The fraction of sp³-hybridized carbons (Fsp3) is 0.462. The average molecular weight is 220 g/mol. The molecule has 0 fully saturated rings. The number of nitrogens with one attached hydrogen (secondary N) is 1. The third-order valence-electron chi connectivity index (χ3n) is 2.45. The summed E-state index contributed by atoms with van der Waals surface area (Å²) in [5.41, 5.74) is 7.66. The van der Waals surface area contributed by atoms with Gasteiger partial charge < -0.3 is 11.1 Å². The van der Waals surface area contributed by atoms with E-state index in [1.807, 2.05) is 38.1 Å². The molecule has 0 aromatic heterocycles. The Hall–Kier alpha value is -1.35. The van der Waals surface area contributed by atoms with Gasteiger partial charge >= 0.3 is 0 Å². The minimum Gasteiger partial charge on any atom is -0.353 e. The van der Waals surface area contributed by atoms with Gasteiger partial charge in [0.1, 0.15) is 0 Å². The SMILES string of the molecule is Cc1cccc(CC(=O)NC(C)CCN)c1. The van der Waals surface area contributed by atoms with Crippen molar-refractivity contribution in [3.63, 3.8) is 0 Å². The molecule has 1 aromatic rings. The number of benzene rings is 1. The molecular weight excluding hydrogens is 200 g/mol. The van der Waals surface area contributed by atoms with Crippen molar-refractivity contribution < 1.29 is 4.79 Å². The maximum Gasteiger partial charge on any atom is 0.224 e. The van der Waals surface area contributed by atoms with Crippen LogP contribution in [0.5, 0.6) is 0 Å². The molecule has 1 amide bonds. The predicted molar refractivity (Wildman–Crippen MR) is 66.2 cm³/mol. The smallest absolute Gasteiger partial charge is 0.224 e. The fourth-order valence-corrected chi connectivity index (χ4v) is 1.66. The van der Waals surface area contributed by atoms with E-state index in [0.717, 1.165) is 12.0 Å². The molecule has 3 N–H and O–H groups in total. The zero-order valence-corrected chi connectivity index (χ0v) is 9.99. The van der Waals surface area contributed by atoms with Gasteiger partial charge in [-0.3, -0.25) is 4.79 Å². The van der Waals surface area contributed by atoms with Crippen LogP contribution >= 0.6 is 0 Å². The summed E-state index contributed by atoms with van der Waals surface area (Å²) in [6.45, 7) is 4.60. The van der Waals surface area contributed by atoms with E-state index in [9.17, 15) is 4.79 Å². The maximum absolute atomic E-state index is 11.7. The van der Waals surface area contributed by atoms with Crippen molar-refractivity contribution in [2.45, 2.75) is 32.7 Å². The van der Waals surface area contributed by atoms with Crippen LogP contribution < -0.4 is 11.1 Å². The van der Waals surface area contributed by atoms with E-state index in [4.69, 9.17) is 5.73 Å². The van der Waals surface area contributed by atoms with Gasteiger partial charge in [0, 0.05) is 6.04 Å². The first-order valence-corrected chi connectivity index (χ1v) is 5.67. The van der Waals surface area contributed by atoms with Crippen molar-refractivity contribution in [2.75, 3.05) is 6.54 Å². The van der Waals surface area contributed by atoms with Crippen molar-refractivity contribution >= 4 is 5.91 Å². The van der Waals surface area contributed by atoms with Crippen LogP contribution in [0.4, 0.5) is 0 Å². The van der Waals surface area contributed by atoms with Gasteiger partial charge in [0.15, 0.2) is 0 Å². The highest BCUT2D eigenvalue weighted by atomic mass is 16.1. The van der Waals surface area contributed by atoms with E-state index in [2.05, 4.69) is 5.32 Å². The molecule has 3 heteroatoms. The molecule has 1 rings (SSSR count). The lowest BCUT2D eigenvalue weighted by Gasteiger charge is -2.12. The summed E-state index contributed by atoms with van der Waals surface area (Å²) in [5, 5.41) is 2.93. The minimum atomic E-state index is 0.0616. The Balaban J connectivity index is 2.45. The summed E-state index contributed by atoms with van der Waals surface area (Å²) < 4.78 is 0. The molecule has 1 unspecified atom stereocenters. The number of rotatable bonds is 5. The Labute approximate surface area is 97.0 Å². The first kappa shape index (κ1) is 12.7. The summed E-state index contributed by atoms with van der Waals surface area (Å²) in [5.74, 6) is 0.0616. The molecule has 1 atom stereocenters. The van der Waals surface area contributed by atoms with Crippen LogP contribution in [0.2, 0.25) is 0 Å². The van der Waals surface area contributed by atoms with E-state index in [-0.39, 0.29) is 11.9 Å². The lowest BCUT2D eigenvalue weighted by Crippen LogP contribution is -2.35. The number of aryl methyl sites for hydroxylation is 1. The molecule has 0 heterocycles. The molecule has 3 nitrogen and oxygen atoms in total. The first-order chi connectivity index (χ1) is 7.61. The van der Waals surface area contributed by atoms with Crippen LogP contribution in [0.1, 0.15) is 24.5 Å². The van der Waals surface area contributed by atoms with Gasteiger partial charge in [0.25, 0.3) is 0 Å². The molecule has 88 valence electrons. The Morgan fingerprint density at radius 2 is 2.25 bits per heavy atom. The molecule has 0 bridgehead atoms. The third kappa shape index (κ3) is 4.45. The largest absolute Gasteiger partial charge is 0.353 e. The van der Waals surface area contributed by atoms with Gasteiger partial charge in [-0.2, -0.15) is 0 Å². The number of carbonyl (C=O) groups is 1. The number of nitrogens with two attached hydrogens (primary N) is 1. The van der Waals surface area contributed by atoms with Crippen LogP contribution in [0, 0.1) is 6.92 Å². The Kier molecular flexibility index (Phi) is 4.99. The van der Waals surface area contributed by atoms with Crippen LogP contribution in [-0.4, -0.2) is 18.5 Å². The Morgan fingerprint density at radius 3 is 2.88 bits per heavy atom. The second-order valence-electron chi connectivity index (χ2n) is 4.21. The van der Waals surface area contributed by atoms with Crippen LogP contribution in [0.25, 0.3) is 0 Å². The van der Waals surface area contributed by atoms with E-state index in [0.29, 0.717) is 13.0 Å². The van der Waals surface area contributed by atoms with Gasteiger partial charge in [-0.15, -0.1) is 0 Å². The highest BCUT2D eigenvalue weighted by Crippen LogP contribution is 2.04. The summed E-state index contributed by atoms with van der Waals surface area (Å²) in [6, 6.07) is 8.16. The molecule has 1 aromatic carbocycles. The van der Waals surface area contributed by atoms with Crippen molar-refractivity contribution in [3.05, 3.63) is 35.4 Å². The monoisotopic (exact) mass is 220 g/mol. The molecule has 16 heavy (non-hydrogen) atoms. The predicted octanol–water partition coefficient (Wildman–Crippen LogP) is 1.39. The third-order valence-corrected chi connectivity index (χ3v) is 2.45. The Morgan fingerprint density at radius 1 is 1.50 bits per heavy atom. The number of hydrogen-bond acceptors (Lipinski definition) is 2. The van der Waals surface area contributed by atoms with E-state index in [1.54, 1.807) is 0 Å². The summed E-state index contributed by atoms with van der Waals surface area (Å²) >= 11 is 0. The zero-order chi connectivity index (χ0) is 12.0. The molecule has 0 aliphatic carbocycles. The van der Waals surface area contributed by atoms with E-state index >= 15 is 0 Å². The number of carbonyl (C=O) groups excluding carboxylic acids is 1. The first-order valence-electron chi connectivity index (χ1n) is 5.67. The van der Waals surface area contributed by atoms with Crippen molar-refractivity contribution in [2.24, 2.45) is 5.73 Å². The summed E-state index contributed by atoms with van der Waals surface area (Å²) in [4.78, 5) is 11.7. The highest BCUT2D eigenvalue weighted by molar-refractivity contribution is 5.78. The molecule has 0 spiro atoms. The quantitative estimate of drug-likeness (QED) is 0.788. The minimum absolute atomic E-state index is 0.0616. The molecule has 0 radical (unpaired) electrons. The van der Waals surface area contributed by atoms with Gasteiger partial charge in [-0.05, 0) is 32.4 Å². The summed E-state index contributed by atoms with van der Waals surface area (Å²) in [6.07, 6.45) is 1.26. The number of amides is 1. The fourth-order valence-electron chi connectivity index (χ4n) is 1.66. The standard InChI is InChI=1S/C13H20N2O/c1-10-4-3-5-12(8-10)9-13(16)15-11(2)6-7-14/h3-5,8,11H,6-7,9,14H2,1-2H3,(H,15,16). The average Bonchev–Trinajstić information content (AvgIpc) is 2.17. The van der Waals surface area contributed by atoms with Gasteiger partial charge in [-0.1, -0.05) is 29.8 Å². The van der Waals surface area contributed by atoms with E-state index < -0.39 is 0 Å². The number of hydrogen-bond donors (Lipinski definition) is 2. The molecule has 0 aliphatic rings. The molecule has 0 aliphatic heterocycles. The van der Waals surface area contributed by atoms with Gasteiger partial charge in [0.2, 0.25) is 5.91 Å². The normalized spacial score (nSPS) is 12.2. The second-order valence-corrected chi connectivity index (χ2v) is 4.21. The van der Waals surface area contributed by atoms with Gasteiger partial charge in [-0.25, -0.2) is 0 Å². The van der Waals surface area contributed by atoms with Crippen LogP contribution in [0.15, 0.2) is 24.3 Å². The van der Waals surface area contributed by atoms with Crippen molar-refractivity contribution in [1.82, 2.24) is 5.32 Å².